The van der Waals surface area contributed by atoms with Crippen LogP contribution in [0.15, 0.2) is 20.3 Å². The predicted octanol–water partition coefficient (Wildman–Crippen LogP) is 4.90. The van der Waals surface area contributed by atoms with Crippen LogP contribution in [0.2, 0.25) is 0 Å². The van der Waals surface area contributed by atoms with Crippen LogP contribution in [0, 0.1) is 4.51 Å². The molecule has 1 N–H and O–H groups in total. The SMILES string of the molecule is COCCSCCN(CCSCCO)c1cc(=S)c2scc(Br)c2o1. The summed E-state index contributed by atoms with van der Waals surface area (Å²) in [5, 5.41) is 11.0. The number of aliphatic hydroxyl groups excluding tert-OH is 1. The number of halogens is 1. The van der Waals surface area contributed by atoms with Gasteiger partial charge < -0.3 is 19.2 Å². The number of rotatable bonds is 12. The molecule has 9 heteroatoms. The Morgan fingerprint density at radius 1 is 1.28 bits per heavy atom. The Morgan fingerprint density at radius 3 is 2.68 bits per heavy atom. The molecule has 2 aromatic rings. The summed E-state index contributed by atoms with van der Waals surface area (Å²) < 4.78 is 14.0. The molecule has 0 amide bonds. The summed E-state index contributed by atoms with van der Waals surface area (Å²) >= 11 is 14.3. The van der Waals surface area contributed by atoms with E-state index in [0.29, 0.717) is 0 Å². The molecule has 0 saturated carbocycles. The van der Waals surface area contributed by atoms with Crippen molar-refractivity contribution in [2.24, 2.45) is 0 Å². The van der Waals surface area contributed by atoms with Crippen molar-refractivity contribution in [1.82, 2.24) is 0 Å². The van der Waals surface area contributed by atoms with E-state index < -0.39 is 0 Å². The monoisotopic (exact) mass is 483 g/mol. The summed E-state index contributed by atoms with van der Waals surface area (Å²) in [4.78, 5) is 2.24. The molecule has 2 aromatic heterocycles. The molecule has 140 valence electrons. The highest BCUT2D eigenvalue weighted by atomic mass is 79.9. The minimum atomic E-state index is 0.214. The van der Waals surface area contributed by atoms with Crippen molar-refractivity contribution in [1.29, 1.82) is 0 Å². The quantitative estimate of drug-likeness (QED) is 0.340. The Hall–Kier alpha value is 0.230. The molecule has 0 aromatic carbocycles. The number of hydrogen-bond acceptors (Lipinski definition) is 8. The summed E-state index contributed by atoms with van der Waals surface area (Å²) in [6.07, 6.45) is 0. The molecular weight excluding hydrogens is 462 g/mol. The van der Waals surface area contributed by atoms with Crippen LogP contribution < -0.4 is 4.90 Å². The largest absolute Gasteiger partial charge is 0.438 e. The van der Waals surface area contributed by atoms with Crippen LogP contribution in [0.1, 0.15) is 0 Å². The van der Waals surface area contributed by atoms with Crippen molar-refractivity contribution in [3.05, 3.63) is 20.4 Å². The minimum absolute atomic E-state index is 0.214. The molecule has 0 aliphatic rings. The second-order valence-corrected chi connectivity index (χ2v) is 9.74. The maximum absolute atomic E-state index is 8.95. The van der Waals surface area contributed by atoms with Crippen LogP contribution >= 0.6 is 63.0 Å². The number of nitrogens with zero attached hydrogens (tertiary/aromatic N) is 1. The maximum Gasteiger partial charge on any atom is 0.197 e. The van der Waals surface area contributed by atoms with Gasteiger partial charge in [0, 0.05) is 54.7 Å². The highest BCUT2D eigenvalue weighted by Crippen LogP contribution is 2.34. The third-order valence-electron chi connectivity index (χ3n) is 3.38. The number of methoxy groups -OCH3 is 1. The zero-order valence-corrected chi connectivity index (χ0v) is 18.9. The van der Waals surface area contributed by atoms with E-state index in [-0.39, 0.29) is 6.61 Å². The van der Waals surface area contributed by atoms with Crippen LogP contribution in [-0.2, 0) is 4.74 Å². The molecule has 0 bridgehead atoms. The van der Waals surface area contributed by atoms with Gasteiger partial charge in [-0.05, 0) is 15.9 Å². The Balaban J connectivity index is 2.09. The van der Waals surface area contributed by atoms with Gasteiger partial charge in [-0.1, -0.05) is 12.2 Å². The lowest BCUT2D eigenvalue weighted by molar-refractivity contribution is 0.218. The van der Waals surface area contributed by atoms with Crippen molar-refractivity contribution in [2.45, 2.75) is 0 Å². The molecule has 0 saturated heterocycles. The first kappa shape index (κ1) is 21.5. The van der Waals surface area contributed by atoms with Crippen LogP contribution in [0.3, 0.4) is 0 Å². The van der Waals surface area contributed by atoms with Gasteiger partial charge in [0.2, 0.25) is 0 Å². The number of hydrogen-bond donors (Lipinski definition) is 1. The lowest BCUT2D eigenvalue weighted by Gasteiger charge is -2.23. The third kappa shape index (κ3) is 6.71. The van der Waals surface area contributed by atoms with Gasteiger partial charge in [0.25, 0.3) is 0 Å². The van der Waals surface area contributed by atoms with Gasteiger partial charge in [0.1, 0.15) is 0 Å². The Labute approximate surface area is 174 Å². The van der Waals surface area contributed by atoms with E-state index in [9.17, 15) is 0 Å². The van der Waals surface area contributed by atoms with Gasteiger partial charge in [-0.25, -0.2) is 0 Å². The molecule has 0 fully saturated rings. The topological polar surface area (TPSA) is 45.8 Å². The minimum Gasteiger partial charge on any atom is -0.438 e. The lowest BCUT2D eigenvalue weighted by atomic mass is 10.4. The van der Waals surface area contributed by atoms with Crippen molar-refractivity contribution in [2.75, 3.05) is 61.3 Å². The second kappa shape index (κ2) is 11.8. The van der Waals surface area contributed by atoms with Gasteiger partial charge in [-0.15, -0.1) is 11.3 Å². The van der Waals surface area contributed by atoms with E-state index in [2.05, 4.69) is 20.8 Å². The smallest absolute Gasteiger partial charge is 0.197 e. The molecule has 0 aliphatic carbocycles. The summed E-state index contributed by atoms with van der Waals surface area (Å²) in [6, 6.07) is 1.96. The predicted molar refractivity (Wildman–Crippen MR) is 118 cm³/mol. The lowest BCUT2D eigenvalue weighted by Crippen LogP contribution is -2.28. The van der Waals surface area contributed by atoms with Crippen molar-refractivity contribution < 1.29 is 14.3 Å². The van der Waals surface area contributed by atoms with Gasteiger partial charge >= 0.3 is 0 Å². The first-order chi connectivity index (χ1) is 12.2. The fraction of sp³-hybridized carbons (Fsp3) is 0.562. The number of thioether (sulfide) groups is 2. The summed E-state index contributed by atoms with van der Waals surface area (Å²) in [7, 11) is 1.73. The number of ether oxygens (including phenoxy) is 1. The fourth-order valence-electron chi connectivity index (χ4n) is 2.15. The standard InChI is InChI=1S/C16H22BrNO3S4/c1-20-5-9-24-7-3-18(2-6-23-8-4-19)14-10-13(22)16-15(21-14)12(17)11-25-16/h10-11,19H,2-9H2,1H3. The molecular formula is C16H22BrNO3S4. The van der Waals surface area contributed by atoms with Crippen LogP contribution in [0.5, 0.6) is 0 Å². The average molecular weight is 485 g/mol. The van der Waals surface area contributed by atoms with Gasteiger partial charge in [-0.2, -0.15) is 23.5 Å². The number of thiophene rings is 1. The van der Waals surface area contributed by atoms with E-state index in [4.69, 9.17) is 26.5 Å². The number of aliphatic hydroxyl groups is 1. The molecule has 4 nitrogen and oxygen atoms in total. The maximum atomic E-state index is 8.95. The first-order valence-corrected chi connectivity index (χ1v) is 12.3. The van der Waals surface area contributed by atoms with Crippen molar-refractivity contribution >= 4 is 79.2 Å². The van der Waals surface area contributed by atoms with Crippen molar-refractivity contribution in [3.63, 3.8) is 0 Å². The Morgan fingerprint density at radius 2 is 2.00 bits per heavy atom. The first-order valence-electron chi connectivity index (χ1n) is 7.88. The fourth-order valence-corrected chi connectivity index (χ4v) is 5.46. The summed E-state index contributed by atoms with van der Waals surface area (Å²) in [5.41, 5.74) is 0.826. The zero-order valence-electron chi connectivity index (χ0n) is 14.0. The third-order valence-corrected chi connectivity index (χ3v) is 7.59. The molecule has 25 heavy (non-hydrogen) atoms. The second-order valence-electron chi connectivity index (χ2n) is 5.12. The molecule has 0 aliphatic heterocycles. The van der Waals surface area contributed by atoms with Crippen LogP contribution in [-0.4, -0.2) is 61.5 Å². The number of anilines is 1. The normalized spacial score (nSPS) is 11.3. The van der Waals surface area contributed by atoms with Crippen molar-refractivity contribution in [3.8, 4) is 0 Å². The Kier molecular flexibility index (Phi) is 10.2. The highest BCUT2D eigenvalue weighted by molar-refractivity contribution is 9.10. The van der Waals surface area contributed by atoms with Crippen LogP contribution in [0.25, 0.3) is 10.3 Å². The molecule has 0 atom stereocenters. The van der Waals surface area contributed by atoms with Gasteiger partial charge in [0.15, 0.2) is 11.5 Å². The molecule has 0 unspecified atom stereocenters. The van der Waals surface area contributed by atoms with E-state index >= 15 is 0 Å². The van der Waals surface area contributed by atoms with E-state index in [0.717, 1.165) is 67.9 Å². The molecule has 0 radical (unpaired) electrons. The number of fused-ring (bicyclic) bond motifs is 1. The highest BCUT2D eigenvalue weighted by Gasteiger charge is 2.14. The molecule has 2 rings (SSSR count). The molecule has 2 heterocycles. The van der Waals surface area contributed by atoms with E-state index in [1.54, 1.807) is 30.2 Å². The van der Waals surface area contributed by atoms with Gasteiger partial charge in [0.05, 0.1) is 26.9 Å². The zero-order chi connectivity index (χ0) is 18.1. The van der Waals surface area contributed by atoms with Crippen LogP contribution in [0.4, 0.5) is 5.88 Å². The van der Waals surface area contributed by atoms with E-state index in [1.807, 2.05) is 23.2 Å². The Bertz CT molecular complexity index is 706. The van der Waals surface area contributed by atoms with E-state index in [1.165, 1.54) is 0 Å². The van der Waals surface area contributed by atoms with Gasteiger partial charge in [-0.3, -0.25) is 0 Å². The summed E-state index contributed by atoms with van der Waals surface area (Å²) in [6.45, 7) is 2.73. The molecule has 0 spiro atoms. The average Bonchev–Trinajstić information content (AvgIpc) is 2.98. The summed E-state index contributed by atoms with van der Waals surface area (Å²) in [5.74, 6) is 4.50.